The fourth-order valence-corrected chi connectivity index (χ4v) is 4.33. The van der Waals surface area contributed by atoms with Crippen LogP contribution in [0, 0.1) is 17.3 Å². The molecular formula is C17H32N2O. The number of amides is 1. The lowest BCUT2D eigenvalue weighted by molar-refractivity contribution is -0.149. The zero-order chi connectivity index (χ0) is 15.1. The van der Waals surface area contributed by atoms with E-state index in [1.165, 1.54) is 6.42 Å². The average molecular weight is 280 g/mol. The van der Waals surface area contributed by atoms with Crippen LogP contribution >= 0.6 is 0 Å². The maximum absolute atomic E-state index is 13.1. The van der Waals surface area contributed by atoms with Crippen molar-refractivity contribution in [1.82, 2.24) is 4.90 Å². The maximum Gasteiger partial charge on any atom is 0.226 e. The van der Waals surface area contributed by atoms with Crippen LogP contribution < -0.4 is 5.73 Å². The Labute approximate surface area is 124 Å². The van der Waals surface area contributed by atoms with E-state index in [2.05, 4.69) is 39.5 Å². The molecule has 0 aromatic rings. The first-order chi connectivity index (χ1) is 9.26. The Kier molecular flexibility index (Phi) is 4.48. The molecule has 1 aliphatic carbocycles. The largest absolute Gasteiger partial charge is 0.337 e. The van der Waals surface area contributed by atoms with Crippen molar-refractivity contribution in [3.63, 3.8) is 0 Å². The SMILES string of the molecule is CC1C(N)CCC(C(=O)N2[C@H](C)CCC[C@@H]2C)C1(C)C. The predicted octanol–water partition coefficient (Wildman–Crippen LogP) is 3.18. The van der Waals surface area contributed by atoms with Crippen LogP contribution in [0.5, 0.6) is 0 Å². The van der Waals surface area contributed by atoms with Crippen LogP contribution in [0.25, 0.3) is 0 Å². The summed E-state index contributed by atoms with van der Waals surface area (Å²) in [6.07, 6.45) is 5.49. The van der Waals surface area contributed by atoms with Gasteiger partial charge >= 0.3 is 0 Å². The number of hydrogen-bond acceptors (Lipinski definition) is 2. The van der Waals surface area contributed by atoms with Gasteiger partial charge in [0, 0.05) is 24.0 Å². The van der Waals surface area contributed by atoms with Gasteiger partial charge in [-0.15, -0.1) is 0 Å². The monoisotopic (exact) mass is 280 g/mol. The van der Waals surface area contributed by atoms with E-state index in [-0.39, 0.29) is 17.4 Å². The summed E-state index contributed by atoms with van der Waals surface area (Å²) in [4.78, 5) is 15.3. The molecule has 2 fully saturated rings. The van der Waals surface area contributed by atoms with Crippen LogP contribution in [0.3, 0.4) is 0 Å². The molecule has 116 valence electrons. The van der Waals surface area contributed by atoms with Gasteiger partial charge in [-0.2, -0.15) is 0 Å². The number of nitrogens with two attached hydrogens (primary N) is 1. The average Bonchev–Trinajstić information content (AvgIpc) is 2.35. The van der Waals surface area contributed by atoms with Crippen molar-refractivity contribution in [3.8, 4) is 0 Å². The van der Waals surface area contributed by atoms with Gasteiger partial charge in [0.2, 0.25) is 5.91 Å². The summed E-state index contributed by atoms with van der Waals surface area (Å²) in [7, 11) is 0. The van der Waals surface area contributed by atoms with Gasteiger partial charge in [0.25, 0.3) is 0 Å². The van der Waals surface area contributed by atoms with Crippen LogP contribution in [-0.2, 0) is 4.79 Å². The van der Waals surface area contributed by atoms with E-state index in [4.69, 9.17) is 5.73 Å². The lowest BCUT2D eigenvalue weighted by Crippen LogP contribution is -2.56. The Balaban J connectivity index is 2.19. The van der Waals surface area contributed by atoms with E-state index in [0.29, 0.717) is 23.9 Å². The highest BCUT2D eigenvalue weighted by atomic mass is 16.2. The van der Waals surface area contributed by atoms with E-state index in [1.54, 1.807) is 0 Å². The maximum atomic E-state index is 13.1. The Hall–Kier alpha value is -0.570. The standard InChI is InChI=1S/C17H32N2O/c1-11-7-6-8-12(2)19(11)16(20)14-9-10-15(18)13(3)17(14,4)5/h11-15H,6-10,18H2,1-5H3/t11-,12+,13?,14?,15?. The van der Waals surface area contributed by atoms with Crippen LogP contribution in [0.4, 0.5) is 0 Å². The summed E-state index contributed by atoms with van der Waals surface area (Å²) in [6, 6.07) is 1.03. The molecule has 0 radical (unpaired) electrons. The van der Waals surface area contributed by atoms with E-state index >= 15 is 0 Å². The van der Waals surface area contributed by atoms with Crippen molar-refractivity contribution in [1.29, 1.82) is 0 Å². The zero-order valence-electron chi connectivity index (χ0n) is 13.9. The van der Waals surface area contributed by atoms with E-state index in [0.717, 1.165) is 25.7 Å². The molecule has 1 aliphatic heterocycles. The molecule has 1 saturated carbocycles. The first kappa shape index (κ1) is 15.8. The third-order valence-electron chi connectivity index (χ3n) is 6.25. The first-order valence-corrected chi connectivity index (χ1v) is 8.34. The van der Waals surface area contributed by atoms with E-state index in [1.807, 2.05) is 0 Å². The number of piperidine rings is 1. The first-order valence-electron chi connectivity index (χ1n) is 8.34. The Morgan fingerprint density at radius 1 is 1.05 bits per heavy atom. The van der Waals surface area contributed by atoms with Crippen molar-refractivity contribution in [2.75, 3.05) is 0 Å². The van der Waals surface area contributed by atoms with E-state index in [9.17, 15) is 4.79 Å². The van der Waals surface area contributed by atoms with Gasteiger partial charge in [0.15, 0.2) is 0 Å². The zero-order valence-corrected chi connectivity index (χ0v) is 13.9. The molecule has 2 aliphatic rings. The van der Waals surface area contributed by atoms with Crippen LogP contribution in [0.2, 0.25) is 0 Å². The molecule has 1 heterocycles. The molecule has 2 N–H and O–H groups in total. The van der Waals surface area contributed by atoms with Crippen molar-refractivity contribution in [2.45, 2.75) is 84.8 Å². The number of carbonyl (C=O) groups excluding carboxylic acids is 1. The minimum Gasteiger partial charge on any atom is -0.337 e. The molecule has 3 unspecified atom stereocenters. The highest BCUT2D eigenvalue weighted by molar-refractivity contribution is 5.80. The molecule has 2 rings (SSSR count). The summed E-state index contributed by atoms with van der Waals surface area (Å²) in [5.74, 6) is 0.925. The molecule has 1 amide bonds. The molecule has 0 aromatic heterocycles. The minimum atomic E-state index is 0.00559. The Morgan fingerprint density at radius 3 is 2.15 bits per heavy atom. The van der Waals surface area contributed by atoms with Gasteiger partial charge in [0.1, 0.15) is 0 Å². The molecule has 0 aromatic carbocycles. The van der Waals surface area contributed by atoms with Crippen molar-refractivity contribution in [3.05, 3.63) is 0 Å². The topological polar surface area (TPSA) is 46.3 Å². The summed E-state index contributed by atoms with van der Waals surface area (Å²) >= 11 is 0. The van der Waals surface area contributed by atoms with Crippen molar-refractivity contribution >= 4 is 5.91 Å². The second-order valence-electron chi connectivity index (χ2n) is 7.78. The predicted molar refractivity (Wildman–Crippen MR) is 83.3 cm³/mol. The highest BCUT2D eigenvalue weighted by Gasteiger charge is 2.47. The molecule has 3 heteroatoms. The van der Waals surface area contributed by atoms with E-state index < -0.39 is 0 Å². The number of rotatable bonds is 1. The molecular weight excluding hydrogens is 248 g/mol. The quantitative estimate of drug-likeness (QED) is 0.802. The van der Waals surface area contributed by atoms with Gasteiger partial charge in [-0.05, 0) is 57.3 Å². The Bertz CT molecular complexity index is 356. The molecule has 5 atom stereocenters. The highest BCUT2D eigenvalue weighted by Crippen LogP contribution is 2.46. The van der Waals surface area contributed by atoms with Crippen LogP contribution in [0.15, 0.2) is 0 Å². The lowest BCUT2D eigenvalue weighted by atomic mass is 9.60. The van der Waals surface area contributed by atoms with Crippen LogP contribution in [0.1, 0.15) is 66.7 Å². The second kappa shape index (κ2) is 5.67. The van der Waals surface area contributed by atoms with Crippen molar-refractivity contribution in [2.24, 2.45) is 23.0 Å². The number of nitrogens with zero attached hydrogens (tertiary/aromatic N) is 1. The van der Waals surface area contributed by atoms with Gasteiger partial charge < -0.3 is 10.6 Å². The number of likely N-dealkylation sites (tertiary alicyclic amines) is 1. The summed E-state index contributed by atoms with van der Waals surface area (Å²) in [5, 5.41) is 0. The van der Waals surface area contributed by atoms with Crippen molar-refractivity contribution < 1.29 is 4.79 Å². The fraction of sp³-hybridized carbons (Fsp3) is 0.941. The molecule has 3 nitrogen and oxygen atoms in total. The smallest absolute Gasteiger partial charge is 0.226 e. The third kappa shape index (κ3) is 2.61. The lowest BCUT2D eigenvalue weighted by Gasteiger charge is -2.50. The Morgan fingerprint density at radius 2 is 1.60 bits per heavy atom. The second-order valence-corrected chi connectivity index (χ2v) is 7.78. The fourth-order valence-electron chi connectivity index (χ4n) is 4.33. The molecule has 0 bridgehead atoms. The van der Waals surface area contributed by atoms with Gasteiger partial charge in [-0.1, -0.05) is 20.8 Å². The summed E-state index contributed by atoms with van der Waals surface area (Å²) in [5.41, 5.74) is 6.23. The number of carbonyl (C=O) groups is 1. The molecule has 1 saturated heterocycles. The molecule has 20 heavy (non-hydrogen) atoms. The van der Waals surface area contributed by atoms with Gasteiger partial charge in [-0.3, -0.25) is 4.79 Å². The van der Waals surface area contributed by atoms with Crippen LogP contribution in [-0.4, -0.2) is 28.9 Å². The third-order valence-corrected chi connectivity index (χ3v) is 6.25. The minimum absolute atomic E-state index is 0.00559. The summed E-state index contributed by atoms with van der Waals surface area (Å²) < 4.78 is 0. The van der Waals surface area contributed by atoms with Gasteiger partial charge in [-0.25, -0.2) is 0 Å². The van der Waals surface area contributed by atoms with Gasteiger partial charge in [0.05, 0.1) is 0 Å². The number of hydrogen-bond donors (Lipinski definition) is 1. The summed E-state index contributed by atoms with van der Waals surface area (Å²) in [6.45, 7) is 11.1. The molecule has 0 spiro atoms. The normalized spacial score (nSPS) is 41.5.